The fourth-order valence-electron chi connectivity index (χ4n) is 1.71. The highest BCUT2D eigenvalue weighted by atomic mass is 17.2. The van der Waals surface area contributed by atoms with Gasteiger partial charge in [-0.25, -0.2) is 4.89 Å². The van der Waals surface area contributed by atoms with Gasteiger partial charge in [0.1, 0.15) is 0 Å². The van der Waals surface area contributed by atoms with Crippen LogP contribution in [0.3, 0.4) is 0 Å². The Morgan fingerprint density at radius 2 is 1.65 bits per heavy atom. The fraction of sp³-hybridized carbons (Fsp3) is 0.938. The van der Waals surface area contributed by atoms with Gasteiger partial charge in [0.05, 0.1) is 6.61 Å². The van der Waals surface area contributed by atoms with Gasteiger partial charge in [0.2, 0.25) is 5.79 Å². The molecule has 0 spiro atoms. The van der Waals surface area contributed by atoms with Crippen molar-refractivity contribution in [2.45, 2.75) is 85.9 Å². The molecule has 0 N–H and O–H groups in total. The minimum Gasteiger partial charge on any atom is -0.431 e. The molecule has 0 aromatic heterocycles. The lowest BCUT2D eigenvalue weighted by Gasteiger charge is -2.24. The smallest absolute Gasteiger partial charge is 0.308 e. The first-order valence-corrected chi connectivity index (χ1v) is 7.69. The average molecular weight is 288 g/mol. The first-order chi connectivity index (χ1) is 9.16. The normalized spacial score (nSPS) is 12.5. The molecule has 0 saturated heterocycles. The van der Waals surface area contributed by atoms with Crippen LogP contribution in [0, 0.1) is 5.41 Å². The SMILES string of the molecule is CCCCCC(=O)OC(C)(C)OOCCCC(C)(C)C. The topological polar surface area (TPSA) is 44.8 Å². The number of hydrogen-bond donors (Lipinski definition) is 0. The summed E-state index contributed by atoms with van der Waals surface area (Å²) in [6, 6.07) is 0. The fourth-order valence-corrected chi connectivity index (χ4v) is 1.71. The number of esters is 1. The number of carbonyl (C=O) groups is 1. The molecule has 0 rings (SSSR count). The Hall–Kier alpha value is -0.610. The van der Waals surface area contributed by atoms with Crippen LogP contribution in [0.1, 0.15) is 80.1 Å². The molecule has 0 amide bonds. The van der Waals surface area contributed by atoms with Crippen molar-refractivity contribution in [2.24, 2.45) is 5.41 Å². The molecule has 0 bridgehead atoms. The van der Waals surface area contributed by atoms with E-state index in [1.807, 2.05) is 0 Å². The molecule has 20 heavy (non-hydrogen) atoms. The van der Waals surface area contributed by atoms with E-state index in [0.29, 0.717) is 18.4 Å². The molecule has 0 aliphatic carbocycles. The van der Waals surface area contributed by atoms with Gasteiger partial charge < -0.3 is 4.74 Å². The summed E-state index contributed by atoms with van der Waals surface area (Å²) in [5.74, 6) is -1.26. The van der Waals surface area contributed by atoms with Crippen molar-refractivity contribution in [3.05, 3.63) is 0 Å². The predicted octanol–water partition coefficient (Wildman–Crippen LogP) is 4.62. The number of carbonyl (C=O) groups excluding carboxylic acids is 1. The largest absolute Gasteiger partial charge is 0.431 e. The van der Waals surface area contributed by atoms with Crippen molar-refractivity contribution >= 4 is 5.97 Å². The van der Waals surface area contributed by atoms with Gasteiger partial charge in [0, 0.05) is 20.3 Å². The first-order valence-electron chi connectivity index (χ1n) is 7.69. The van der Waals surface area contributed by atoms with Crippen LogP contribution < -0.4 is 0 Å². The molecule has 0 unspecified atom stereocenters. The number of ether oxygens (including phenoxy) is 1. The van der Waals surface area contributed by atoms with E-state index in [-0.39, 0.29) is 5.97 Å². The number of unbranched alkanes of at least 4 members (excludes halogenated alkanes) is 2. The van der Waals surface area contributed by atoms with E-state index in [2.05, 4.69) is 27.7 Å². The lowest BCUT2D eigenvalue weighted by atomic mass is 9.91. The van der Waals surface area contributed by atoms with Crippen molar-refractivity contribution < 1.29 is 19.3 Å². The zero-order chi connectivity index (χ0) is 15.6. The van der Waals surface area contributed by atoms with Crippen LogP contribution in [0.2, 0.25) is 0 Å². The zero-order valence-corrected chi connectivity index (χ0v) is 14.1. The number of rotatable bonds is 10. The molecular weight excluding hydrogens is 256 g/mol. The van der Waals surface area contributed by atoms with Gasteiger partial charge in [0.15, 0.2) is 0 Å². The van der Waals surface area contributed by atoms with Gasteiger partial charge in [-0.2, -0.15) is 4.89 Å². The summed E-state index contributed by atoms with van der Waals surface area (Å²) in [5, 5.41) is 0. The molecule has 0 saturated carbocycles. The van der Waals surface area contributed by atoms with E-state index >= 15 is 0 Å². The Kier molecular flexibility index (Phi) is 9.06. The van der Waals surface area contributed by atoms with Gasteiger partial charge in [-0.1, -0.05) is 40.5 Å². The summed E-state index contributed by atoms with van der Waals surface area (Å²) in [5.41, 5.74) is 0.296. The molecule has 0 aromatic carbocycles. The Labute approximate surface area is 124 Å². The summed E-state index contributed by atoms with van der Waals surface area (Å²) < 4.78 is 5.25. The average Bonchev–Trinajstić information content (AvgIpc) is 2.26. The van der Waals surface area contributed by atoms with E-state index in [9.17, 15) is 4.79 Å². The van der Waals surface area contributed by atoms with Crippen LogP contribution >= 0.6 is 0 Å². The summed E-state index contributed by atoms with van der Waals surface area (Å²) in [6.45, 7) is 12.6. The van der Waals surface area contributed by atoms with Gasteiger partial charge in [0.25, 0.3) is 0 Å². The second kappa shape index (κ2) is 9.35. The van der Waals surface area contributed by atoms with Crippen LogP contribution in [-0.4, -0.2) is 18.4 Å². The molecule has 120 valence electrons. The predicted molar refractivity (Wildman–Crippen MR) is 80.0 cm³/mol. The lowest BCUT2D eigenvalue weighted by molar-refractivity contribution is -0.408. The molecule has 4 nitrogen and oxygen atoms in total. The van der Waals surface area contributed by atoms with Gasteiger partial charge >= 0.3 is 5.97 Å². The minimum absolute atomic E-state index is 0.234. The highest BCUT2D eigenvalue weighted by Crippen LogP contribution is 2.21. The maximum absolute atomic E-state index is 11.6. The maximum Gasteiger partial charge on any atom is 0.308 e. The third kappa shape index (κ3) is 12.4. The van der Waals surface area contributed by atoms with Crippen LogP contribution in [-0.2, 0) is 19.3 Å². The zero-order valence-electron chi connectivity index (χ0n) is 14.1. The highest BCUT2D eigenvalue weighted by Gasteiger charge is 2.24. The second-order valence-electron chi connectivity index (χ2n) is 6.90. The molecule has 0 aliphatic heterocycles. The molecule has 0 radical (unpaired) electrons. The minimum atomic E-state index is -1.02. The van der Waals surface area contributed by atoms with Gasteiger partial charge in [-0.05, 0) is 24.7 Å². The Balaban J connectivity index is 3.75. The molecule has 0 fully saturated rings. The highest BCUT2D eigenvalue weighted by molar-refractivity contribution is 5.69. The summed E-state index contributed by atoms with van der Waals surface area (Å²) in [7, 11) is 0. The van der Waals surface area contributed by atoms with E-state index in [4.69, 9.17) is 14.5 Å². The Morgan fingerprint density at radius 1 is 1.00 bits per heavy atom. The Bertz CT molecular complexity index is 266. The van der Waals surface area contributed by atoms with Crippen LogP contribution in [0.15, 0.2) is 0 Å². The molecule has 0 aromatic rings. The monoisotopic (exact) mass is 288 g/mol. The van der Waals surface area contributed by atoms with Crippen LogP contribution in [0.25, 0.3) is 0 Å². The molecule has 0 heterocycles. The van der Waals surface area contributed by atoms with Crippen molar-refractivity contribution in [2.75, 3.05) is 6.61 Å². The van der Waals surface area contributed by atoms with Crippen molar-refractivity contribution in [3.8, 4) is 0 Å². The van der Waals surface area contributed by atoms with E-state index < -0.39 is 5.79 Å². The van der Waals surface area contributed by atoms with E-state index in [1.54, 1.807) is 13.8 Å². The van der Waals surface area contributed by atoms with Gasteiger partial charge in [-0.15, -0.1) is 0 Å². The van der Waals surface area contributed by atoms with Crippen molar-refractivity contribution in [1.82, 2.24) is 0 Å². The van der Waals surface area contributed by atoms with Crippen molar-refractivity contribution in [1.29, 1.82) is 0 Å². The van der Waals surface area contributed by atoms with Crippen LogP contribution in [0.5, 0.6) is 0 Å². The first kappa shape index (κ1) is 19.4. The van der Waals surface area contributed by atoms with Crippen molar-refractivity contribution in [3.63, 3.8) is 0 Å². The second-order valence-corrected chi connectivity index (χ2v) is 6.90. The number of hydrogen-bond acceptors (Lipinski definition) is 4. The van der Waals surface area contributed by atoms with Crippen LogP contribution in [0.4, 0.5) is 0 Å². The van der Waals surface area contributed by atoms with Gasteiger partial charge in [-0.3, -0.25) is 4.79 Å². The molecular formula is C16H32O4. The third-order valence-electron chi connectivity index (χ3n) is 2.76. The summed E-state index contributed by atoms with van der Waals surface area (Å²) in [4.78, 5) is 21.9. The van der Waals surface area contributed by atoms with E-state index in [0.717, 1.165) is 32.1 Å². The Morgan fingerprint density at radius 3 is 2.20 bits per heavy atom. The lowest BCUT2D eigenvalue weighted by Crippen LogP contribution is -2.31. The van der Waals surface area contributed by atoms with E-state index in [1.165, 1.54) is 0 Å². The third-order valence-corrected chi connectivity index (χ3v) is 2.76. The molecule has 4 heteroatoms. The molecule has 0 atom stereocenters. The quantitative estimate of drug-likeness (QED) is 0.193. The standard InChI is InChI=1S/C16H32O4/c1-7-8-9-11-14(17)19-16(5,6)20-18-13-10-12-15(2,3)4/h7-13H2,1-6H3. The maximum atomic E-state index is 11.6. The molecule has 0 aliphatic rings. The summed E-state index contributed by atoms with van der Waals surface area (Å²) in [6.07, 6.45) is 5.41. The summed E-state index contributed by atoms with van der Waals surface area (Å²) >= 11 is 0.